The lowest BCUT2D eigenvalue weighted by molar-refractivity contribution is 0.220. The van der Waals surface area contributed by atoms with E-state index in [0.717, 1.165) is 19.3 Å². The van der Waals surface area contributed by atoms with E-state index in [9.17, 15) is 0 Å². The van der Waals surface area contributed by atoms with E-state index in [-0.39, 0.29) is 22.3 Å². The minimum atomic E-state index is -1.86. The number of terminal acetylenes is 1. The Morgan fingerprint density at radius 2 is 1.45 bits per heavy atom. The average molecular weight is 461 g/mol. The second-order valence-corrected chi connectivity index (χ2v) is 20.9. The van der Waals surface area contributed by atoms with E-state index in [1.807, 2.05) is 18.2 Å². The Bertz CT molecular complexity index is 686. The van der Waals surface area contributed by atoms with Crippen molar-refractivity contribution in [2.24, 2.45) is 0 Å². The van der Waals surface area contributed by atoms with Crippen molar-refractivity contribution in [3.05, 3.63) is 24.3 Å². The lowest BCUT2D eigenvalue weighted by atomic mass is 10.2. The fraction of sp³-hybridized carbons (Fsp3) is 0.704. The molecule has 0 saturated heterocycles. The molecule has 0 aliphatic rings. The third kappa shape index (κ3) is 11.4. The van der Waals surface area contributed by atoms with Crippen LogP contribution in [-0.2, 0) is 8.85 Å². The molecule has 31 heavy (non-hydrogen) atoms. The molecule has 0 aromatic heterocycles. The van der Waals surface area contributed by atoms with Crippen molar-refractivity contribution in [3.63, 3.8) is 0 Å². The van der Waals surface area contributed by atoms with Gasteiger partial charge in [0.25, 0.3) is 0 Å². The van der Waals surface area contributed by atoms with Gasteiger partial charge in [-0.05, 0) is 48.8 Å². The van der Waals surface area contributed by atoms with E-state index in [1.54, 1.807) is 0 Å². The molecule has 0 saturated carbocycles. The lowest BCUT2D eigenvalue weighted by Gasteiger charge is -2.38. The van der Waals surface area contributed by atoms with Crippen LogP contribution in [0.3, 0.4) is 0 Å². The Kier molecular flexibility index (Phi) is 12.4. The molecular formula is C27H48O2Si2. The molecule has 0 aliphatic carbocycles. The van der Waals surface area contributed by atoms with E-state index in [4.69, 9.17) is 15.3 Å². The summed E-state index contributed by atoms with van der Waals surface area (Å²) >= 11 is 0. The van der Waals surface area contributed by atoms with Crippen LogP contribution in [0, 0.1) is 24.2 Å². The summed E-state index contributed by atoms with van der Waals surface area (Å²) in [5, 5.41) is 0.348. The minimum Gasteiger partial charge on any atom is -0.410 e. The SMILES string of the molecule is C#CC[C@H](/C=C/C=C/C#C[C@H](CCCC)O[Si](C)(C)C(C)(C)C)O[Si](C)(C)C(C)(C)C. The second kappa shape index (κ2) is 12.9. The molecule has 0 aromatic carbocycles. The summed E-state index contributed by atoms with van der Waals surface area (Å²) in [5.74, 6) is 9.27. The number of hydrogen-bond donors (Lipinski definition) is 0. The summed E-state index contributed by atoms with van der Waals surface area (Å²) < 4.78 is 13.0. The summed E-state index contributed by atoms with van der Waals surface area (Å²) in [7, 11) is -3.69. The molecule has 176 valence electrons. The molecule has 0 unspecified atom stereocenters. The first kappa shape index (κ1) is 30.0. The zero-order valence-electron chi connectivity index (χ0n) is 22.2. The van der Waals surface area contributed by atoms with Gasteiger partial charge < -0.3 is 8.85 Å². The minimum absolute atomic E-state index is 0.00516. The highest BCUT2D eigenvalue weighted by molar-refractivity contribution is 6.74. The zero-order valence-corrected chi connectivity index (χ0v) is 24.2. The third-order valence-corrected chi connectivity index (χ3v) is 15.5. The highest BCUT2D eigenvalue weighted by Crippen LogP contribution is 2.38. The number of rotatable bonds is 10. The number of hydrogen-bond acceptors (Lipinski definition) is 2. The van der Waals surface area contributed by atoms with Gasteiger partial charge in [-0.15, -0.1) is 12.3 Å². The predicted molar refractivity (Wildman–Crippen MR) is 143 cm³/mol. The van der Waals surface area contributed by atoms with Gasteiger partial charge in [-0.25, -0.2) is 0 Å². The van der Waals surface area contributed by atoms with Gasteiger partial charge in [0.1, 0.15) is 6.10 Å². The van der Waals surface area contributed by atoms with Crippen LogP contribution in [-0.4, -0.2) is 28.8 Å². The Morgan fingerprint density at radius 1 is 0.903 bits per heavy atom. The van der Waals surface area contributed by atoms with Crippen molar-refractivity contribution in [2.75, 3.05) is 0 Å². The van der Waals surface area contributed by atoms with Gasteiger partial charge in [-0.3, -0.25) is 0 Å². The maximum atomic E-state index is 6.54. The van der Waals surface area contributed by atoms with Gasteiger partial charge in [0.15, 0.2) is 16.6 Å². The van der Waals surface area contributed by atoms with E-state index in [1.165, 1.54) is 0 Å². The zero-order chi connectivity index (χ0) is 24.3. The molecule has 0 spiro atoms. The normalized spacial score (nSPS) is 15.5. The monoisotopic (exact) mass is 460 g/mol. The maximum absolute atomic E-state index is 6.54. The highest BCUT2D eigenvalue weighted by atomic mass is 28.4. The summed E-state index contributed by atoms with van der Waals surface area (Å²) in [6, 6.07) is 0. The van der Waals surface area contributed by atoms with Crippen LogP contribution in [0.5, 0.6) is 0 Å². The molecule has 0 fully saturated rings. The van der Waals surface area contributed by atoms with Gasteiger partial charge in [0.2, 0.25) is 0 Å². The summed E-state index contributed by atoms with van der Waals surface area (Å²) in [6.45, 7) is 24.8. The molecule has 0 bridgehead atoms. The quantitative estimate of drug-likeness (QED) is 0.186. The Morgan fingerprint density at radius 3 is 1.94 bits per heavy atom. The molecule has 0 N–H and O–H groups in total. The van der Waals surface area contributed by atoms with Gasteiger partial charge in [0.05, 0.1) is 6.10 Å². The van der Waals surface area contributed by atoms with E-state index >= 15 is 0 Å². The molecule has 0 amide bonds. The Balaban J connectivity index is 5.17. The Hall–Kier alpha value is -1.05. The molecule has 2 atom stereocenters. The van der Waals surface area contributed by atoms with Crippen LogP contribution in [0.2, 0.25) is 36.3 Å². The van der Waals surface area contributed by atoms with E-state index in [0.29, 0.717) is 6.42 Å². The molecule has 0 heterocycles. The Labute approximate surface area is 196 Å². The van der Waals surface area contributed by atoms with Crippen LogP contribution in [0.1, 0.15) is 74.1 Å². The third-order valence-electron chi connectivity index (χ3n) is 6.49. The van der Waals surface area contributed by atoms with Crippen LogP contribution >= 0.6 is 0 Å². The molecular weight excluding hydrogens is 412 g/mol. The fourth-order valence-electron chi connectivity index (χ4n) is 2.34. The molecule has 0 aliphatic heterocycles. The predicted octanol–water partition coefficient (Wildman–Crippen LogP) is 8.10. The maximum Gasteiger partial charge on any atom is 0.193 e. The van der Waals surface area contributed by atoms with Crippen molar-refractivity contribution in [3.8, 4) is 24.2 Å². The van der Waals surface area contributed by atoms with Crippen LogP contribution in [0.25, 0.3) is 0 Å². The first-order valence-electron chi connectivity index (χ1n) is 11.7. The van der Waals surface area contributed by atoms with E-state index in [2.05, 4.69) is 98.5 Å². The molecule has 0 aromatic rings. The smallest absolute Gasteiger partial charge is 0.193 e. The first-order chi connectivity index (χ1) is 14.1. The fourth-order valence-corrected chi connectivity index (χ4v) is 4.85. The van der Waals surface area contributed by atoms with E-state index < -0.39 is 16.6 Å². The topological polar surface area (TPSA) is 18.5 Å². The first-order valence-corrected chi connectivity index (χ1v) is 17.5. The lowest BCUT2D eigenvalue weighted by Crippen LogP contribution is -2.43. The molecule has 0 radical (unpaired) electrons. The van der Waals surface area contributed by atoms with Crippen molar-refractivity contribution < 1.29 is 8.85 Å². The van der Waals surface area contributed by atoms with Gasteiger partial charge in [0, 0.05) is 6.42 Å². The van der Waals surface area contributed by atoms with Crippen LogP contribution in [0.4, 0.5) is 0 Å². The van der Waals surface area contributed by atoms with Crippen LogP contribution < -0.4 is 0 Å². The van der Waals surface area contributed by atoms with Crippen LogP contribution in [0.15, 0.2) is 24.3 Å². The summed E-state index contributed by atoms with van der Waals surface area (Å²) in [4.78, 5) is 0. The molecule has 2 nitrogen and oxygen atoms in total. The molecule has 0 rings (SSSR count). The highest BCUT2D eigenvalue weighted by Gasteiger charge is 2.39. The number of allylic oxidation sites excluding steroid dienone is 3. The standard InChI is InChI=1S/C27H48O2Si2/c1-13-15-21-25(29-31(11,12)27(6,7)8)23-19-17-16-18-22-24(20-14-2)28-30(9,10)26(3,4)5/h2,16-18,22,24-25H,13,15,20-21H2,1,3-12H3/b17-16+,22-18+/t24-,25+/m1/s1. The van der Waals surface area contributed by atoms with Crippen molar-refractivity contribution >= 4 is 16.6 Å². The average Bonchev–Trinajstić information content (AvgIpc) is 2.59. The summed E-state index contributed by atoms with van der Waals surface area (Å²) in [5.41, 5.74) is 0. The van der Waals surface area contributed by atoms with Gasteiger partial charge in [-0.1, -0.05) is 91.4 Å². The van der Waals surface area contributed by atoms with Gasteiger partial charge in [-0.2, -0.15) is 0 Å². The van der Waals surface area contributed by atoms with Crippen molar-refractivity contribution in [1.29, 1.82) is 0 Å². The second-order valence-electron chi connectivity index (χ2n) is 11.4. The number of unbranched alkanes of at least 4 members (excludes halogenated alkanes) is 1. The largest absolute Gasteiger partial charge is 0.410 e. The molecule has 4 heteroatoms. The van der Waals surface area contributed by atoms with Gasteiger partial charge >= 0.3 is 0 Å². The van der Waals surface area contributed by atoms with Crippen molar-refractivity contribution in [1.82, 2.24) is 0 Å². The summed E-state index contributed by atoms with van der Waals surface area (Å²) in [6.07, 6.45) is 17.3. The van der Waals surface area contributed by atoms with Crippen molar-refractivity contribution in [2.45, 2.75) is 123 Å².